The van der Waals surface area contributed by atoms with Gasteiger partial charge >= 0.3 is 0 Å². The zero-order valence-electron chi connectivity index (χ0n) is 8.50. The number of carbonyl (C=O) groups is 1. The van der Waals surface area contributed by atoms with Gasteiger partial charge in [0.2, 0.25) is 5.91 Å². The Morgan fingerprint density at radius 1 is 1.56 bits per heavy atom. The molecule has 0 saturated carbocycles. The van der Waals surface area contributed by atoms with Gasteiger partial charge in [0.15, 0.2) is 0 Å². The fraction of sp³-hybridized carbons (Fsp3) is 0.364. The molecule has 0 bridgehead atoms. The molecule has 1 aliphatic rings. The monoisotopic (exact) mass is 303 g/mol. The second-order valence-corrected chi connectivity index (χ2v) is 5.68. The summed E-state index contributed by atoms with van der Waals surface area (Å²) in [6, 6.07) is 4.27. The molecule has 0 spiro atoms. The third-order valence-electron chi connectivity index (χ3n) is 2.49. The van der Waals surface area contributed by atoms with Crippen LogP contribution in [0.3, 0.4) is 0 Å². The van der Waals surface area contributed by atoms with Crippen LogP contribution in [0.15, 0.2) is 22.7 Å². The van der Waals surface area contributed by atoms with E-state index in [1.807, 2.05) is 0 Å². The van der Waals surface area contributed by atoms with Crippen molar-refractivity contribution >= 4 is 39.3 Å². The number of benzene rings is 1. The van der Waals surface area contributed by atoms with Gasteiger partial charge in [-0.3, -0.25) is 4.79 Å². The Balaban J connectivity index is 2.07. The number of rotatable bonds is 2. The molecule has 1 fully saturated rings. The van der Waals surface area contributed by atoms with Crippen molar-refractivity contribution < 1.29 is 9.18 Å². The Labute approximate surface area is 106 Å². The maximum atomic E-state index is 13.0. The Bertz CT molecular complexity index is 407. The van der Waals surface area contributed by atoms with Gasteiger partial charge in [-0.25, -0.2) is 4.39 Å². The third kappa shape index (κ3) is 2.77. The third-order valence-corrected chi connectivity index (χ3v) is 4.34. The van der Waals surface area contributed by atoms with Crippen LogP contribution in [0.5, 0.6) is 0 Å². The highest BCUT2D eigenvalue weighted by molar-refractivity contribution is 9.10. The molecular formula is C11H11BrFNOS. The lowest BCUT2D eigenvalue weighted by Crippen LogP contribution is -2.22. The van der Waals surface area contributed by atoms with E-state index in [9.17, 15) is 9.18 Å². The maximum Gasteiger partial charge on any atom is 0.228 e. The first-order chi connectivity index (χ1) is 7.66. The minimum Gasteiger partial charge on any atom is -0.325 e. The summed E-state index contributed by atoms with van der Waals surface area (Å²) in [7, 11) is 0. The zero-order chi connectivity index (χ0) is 11.5. The van der Waals surface area contributed by atoms with Gasteiger partial charge in [-0.2, -0.15) is 11.8 Å². The van der Waals surface area contributed by atoms with Crippen molar-refractivity contribution in [3.8, 4) is 0 Å². The quantitative estimate of drug-likeness (QED) is 0.908. The largest absolute Gasteiger partial charge is 0.325 e. The van der Waals surface area contributed by atoms with Gasteiger partial charge in [0.1, 0.15) is 5.82 Å². The predicted molar refractivity (Wildman–Crippen MR) is 68.2 cm³/mol. The van der Waals surface area contributed by atoms with Crippen molar-refractivity contribution in [1.29, 1.82) is 0 Å². The Morgan fingerprint density at radius 3 is 3.06 bits per heavy atom. The topological polar surface area (TPSA) is 29.1 Å². The second-order valence-electron chi connectivity index (χ2n) is 3.67. The molecule has 1 atom stereocenters. The molecule has 0 radical (unpaired) electrons. The second kappa shape index (κ2) is 5.19. The van der Waals surface area contributed by atoms with Gasteiger partial charge in [0.25, 0.3) is 0 Å². The number of halogens is 2. The van der Waals surface area contributed by atoms with Crippen LogP contribution in [0, 0.1) is 11.7 Å². The number of amides is 1. The molecule has 1 aromatic rings. The van der Waals surface area contributed by atoms with E-state index < -0.39 is 0 Å². The summed E-state index contributed by atoms with van der Waals surface area (Å²) >= 11 is 5.06. The first-order valence-corrected chi connectivity index (χ1v) is 6.95. The summed E-state index contributed by atoms with van der Waals surface area (Å²) in [5.74, 6) is 1.58. The molecule has 0 aromatic heterocycles. The molecule has 2 nitrogen and oxygen atoms in total. The van der Waals surface area contributed by atoms with Gasteiger partial charge in [0, 0.05) is 16.1 Å². The molecule has 1 aromatic carbocycles. The molecule has 1 saturated heterocycles. The van der Waals surface area contributed by atoms with Crippen molar-refractivity contribution in [2.45, 2.75) is 6.42 Å². The minimum atomic E-state index is -0.348. The molecule has 16 heavy (non-hydrogen) atoms. The fourth-order valence-corrected chi connectivity index (χ4v) is 3.14. The molecule has 1 heterocycles. The van der Waals surface area contributed by atoms with E-state index in [-0.39, 0.29) is 17.6 Å². The number of carbonyl (C=O) groups excluding carboxylic acids is 1. The average Bonchev–Trinajstić information content (AvgIpc) is 2.76. The Hall–Kier alpha value is -0.550. The van der Waals surface area contributed by atoms with Crippen molar-refractivity contribution in [3.05, 3.63) is 28.5 Å². The highest BCUT2D eigenvalue weighted by Gasteiger charge is 2.23. The van der Waals surface area contributed by atoms with Gasteiger partial charge < -0.3 is 5.32 Å². The molecule has 1 N–H and O–H groups in total. The summed E-state index contributed by atoms with van der Waals surface area (Å²) in [6.45, 7) is 0. The van der Waals surface area contributed by atoms with Crippen LogP contribution in [0.25, 0.3) is 0 Å². The molecule has 0 aliphatic carbocycles. The van der Waals surface area contributed by atoms with E-state index in [1.54, 1.807) is 17.8 Å². The van der Waals surface area contributed by atoms with E-state index in [4.69, 9.17) is 0 Å². The van der Waals surface area contributed by atoms with Crippen LogP contribution in [0.4, 0.5) is 10.1 Å². The highest BCUT2D eigenvalue weighted by atomic mass is 79.9. The van der Waals surface area contributed by atoms with Gasteiger partial charge in [0.05, 0.1) is 5.69 Å². The van der Waals surface area contributed by atoms with Crippen molar-refractivity contribution in [2.75, 3.05) is 16.8 Å². The lowest BCUT2D eigenvalue weighted by Gasteiger charge is -2.11. The molecule has 1 aliphatic heterocycles. The van der Waals surface area contributed by atoms with Crippen LogP contribution in [-0.2, 0) is 4.79 Å². The summed E-state index contributed by atoms with van der Waals surface area (Å²) in [6.07, 6.45) is 0.906. The van der Waals surface area contributed by atoms with Crippen LogP contribution < -0.4 is 5.32 Å². The van der Waals surface area contributed by atoms with Crippen LogP contribution in [-0.4, -0.2) is 17.4 Å². The van der Waals surface area contributed by atoms with E-state index in [2.05, 4.69) is 21.2 Å². The number of thioether (sulfide) groups is 1. The first kappa shape index (κ1) is 11.9. The van der Waals surface area contributed by atoms with Crippen LogP contribution in [0.2, 0.25) is 0 Å². The SMILES string of the molecule is O=C(Nc1cc(F)ccc1Br)C1CCSC1. The molecule has 2 rings (SSSR count). The molecule has 1 amide bonds. The number of anilines is 1. The first-order valence-electron chi connectivity index (χ1n) is 5.00. The Kier molecular flexibility index (Phi) is 3.86. The fourth-order valence-electron chi connectivity index (χ4n) is 1.57. The summed E-state index contributed by atoms with van der Waals surface area (Å²) in [5, 5.41) is 2.75. The van der Waals surface area contributed by atoms with E-state index in [0.29, 0.717) is 10.2 Å². The smallest absolute Gasteiger partial charge is 0.228 e. The van der Waals surface area contributed by atoms with E-state index in [1.165, 1.54) is 12.1 Å². The van der Waals surface area contributed by atoms with Crippen molar-refractivity contribution in [3.63, 3.8) is 0 Å². The lowest BCUT2D eigenvalue weighted by molar-refractivity contribution is -0.119. The molecule has 86 valence electrons. The van der Waals surface area contributed by atoms with Crippen molar-refractivity contribution in [1.82, 2.24) is 0 Å². The maximum absolute atomic E-state index is 13.0. The predicted octanol–water partition coefficient (Wildman–Crippen LogP) is 3.28. The Morgan fingerprint density at radius 2 is 2.38 bits per heavy atom. The van der Waals surface area contributed by atoms with Gasteiger partial charge in [-0.1, -0.05) is 0 Å². The van der Waals surface area contributed by atoms with E-state index >= 15 is 0 Å². The number of hydrogen-bond acceptors (Lipinski definition) is 2. The highest BCUT2D eigenvalue weighted by Crippen LogP contribution is 2.27. The minimum absolute atomic E-state index is 0.0173. The lowest BCUT2D eigenvalue weighted by atomic mass is 10.1. The molecule has 1 unspecified atom stereocenters. The average molecular weight is 304 g/mol. The van der Waals surface area contributed by atoms with Crippen LogP contribution >= 0.6 is 27.7 Å². The van der Waals surface area contributed by atoms with E-state index in [0.717, 1.165) is 17.9 Å². The van der Waals surface area contributed by atoms with Gasteiger partial charge in [-0.15, -0.1) is 0 Å². The summed E-state index contributed by atoms with van der Waals surface area (Å²) < 4.78 is 13.7. The number of hydrogen-bond donors (Lipinski definition) is 1. The van der Waals surface area contributed by atoms with Crippen LogP contribution in [0.1, 0.15) is 6.42 Å². The summed E-state index contributed by atoms with van der Waals surface area (Å²) in [5.41, 5.74) is 0.502. The normalized spacial score (nSPS) is 19.8. The zero-order valence-corrected chi connectivity index (χ0v) is 10.9. The molecular weight excluding hydrogens is 293 g/mol. The van der Waals surface area contributed by atoms with Crippen molar-refractivity contribution in [2.24, 2.45) is 5.92 Å². The van der Waals surface area contributed by atoms with Gasteiger partial charge in [-0.05, 0) is 46.3 Å². The standard InChI is InChI=1S/C11H11BrFNOS/c12-9-2-1-8(13)5-10(9)14-11(15)7-3-4-16-6-7/h1-2,5,7H,3-4,6H2,(H,14,15). The molecule has 5 heteroatoms. The summed E-state index contributed by atoms with van der Waals surface area (Å²) in [4.78, 5) is 11.8. The number of nitrogens with one attached hydrogen (secondary N) is 1.